The fraction of sp³-hybridized carbons (Fsp3) is 0.680. The van der Waals surface area contributed by atoms with Crippen molar-refractivity contribution in [3.63, 3.8) is 0 Å². The van der Waals surface area contributed by atoms with Gasteiger partial charge in [0.25, 0.3) is 0 Å². The minimum atomic E-state index is -0.0339. The summed E-state index contributed by atoms with van der Waals surface area (Å²) >= 11 is 0. The summed E-state index contributed by atoms with van der Waals surface area (Å²) in [6.07, 6.45) is 9.49. The third-order valence-corrected chi connectivity index (χ3v) is 6.91. The van der Waals surface area contributed by atoms with Crippen molar-refractivity contribution in [3.05, 3.63) is 36.2 Å². The lowest BCUT2D eigenvalue weighted by Crippen LogP contribution is -2.57. The van der Waals surface area contributed by atoms with E-state index in [2.05, 4.69) is 67.0 Å². The summed E-state index contributed by atoms with van der Waals surface area (Å²) < 4.78 is 0. The van der Waals surface area contributed by atoms with E-state index in [4.69, 9.17) is 15.7 Å². The molecule has 2 aliphatic heterocycles. The molecule has 8 heteroatoms. The average molecular weight is 453 g/mol. The Hall–Kier alpha value is -2.32. The predicted molar refractivity (Wildman–Crippen MR) is 134 cm³/mol. The minimum Gasteiger partial charge on any atom is -0.364 e. The van der Waals surface area contributed by atoms with Crippen LogP contribution in [0, 0.1) is 5.92 Å². The average Bonchev–Trinajstić information content (AvgIpc) is 3.21. The number of piperidine rings is 1. The van der Waals surface area contributed by atoms with Crippen LogP contribution in [-0.4, -0.2) is 57.7 Å². The zero-order valence-electron chi connectivity index (χ0n) is 21.0. The fourth-order valence-electron chi connectivity index (χ4n) is 4.79. The molecule has 4 N–H and O–H groups in total. The van der Waals surface area contributed by atoms with Gasteiger partial charge < -0.3 is 21.3 Å². The van der Waals surface area contributed by atoms with E-state index in [0.717, 1.165) is 55.5 Å². The molecule has 0 radical (unpaired) electrons. The molecule has 0 saturated carbocycles. The Bertz CT molecular complexity index is 931. The van der Waals surface area contributed by atoms with Crippen LogP contribution < -0.4 is 21.3 Å². The Balaban J connectivity index is 1.47. The normalized spacial score (nSPS) is 26.5. The molecule has 4 rings (SSSR count). The van der Waals surface area contributed by atoms with Crippen LogP contribution in [0.15, 0.2) is 24.8 Å². The van der Waals surface area contributed by atoms with Crippen LogP contribution in [0.4, 0.5) is 11.6 Å². The maximum absolute atomic E-state index is 6.66. The third-order valence-electron chi connectivity index (χ3n) is 6.91. The summed E-state index contributed by atoms with van der Waals surface area (Å²) in [6.45, 7) is 15.7. The van der Waals surface area contributed by atoms with Crippen molar-refractivity contribution >= 4 is 11.6 Å². The van der Waals surface area contributed by atoms with Gasteiger partial charge in [-0.3, -0.25) is 9.97 Å². The highest BCUT2D eigenvalue weighted by Crippen LogP contribution is 2.29. The Morgan fingerprint density at radius 2 is 1.73 bits per heavy atom. The van der Waals surface area contributed by atoms with E-state index in [9.17, 15) is 0 Å². The van der Waals surface area contributed by atoms with E-state index < -0.39 is 0 Å². The second-order valence-electron chi connectivity index (χ2n) is 11.6. The quantitative estimate of drug-likeness (QED) is 0.650. The first-order chi connectivity index (χ1) is 15.5. The Morgan fingerprint density at radius 3 is 2.39 bits per heavy atom. The molecule has 2 saturated heterocycles. The first-order valence-electron chi connectivity index (χ1n) is 12.2. The summed E-state index contributed by atoms with van der Waals surface area (Å²) in [4.78, 5) is 21.0. The molecule has 4 heterocycles. The van der Waals surface area contributed by atoms with Crippen LogP contribution >= 0.6 is 0 Å². The molecule has 8 nitrogen and oxygen atoms in total. The SMILES string of the molecule is CC(C)(C)c1cnc(N2CCC(N)C(C3NCCC3Nc3cncc(C(C)(C)C)n3)C2)cn1. The molecule has 0 bridgehead atoms. The topological polar surface area (TPSA) is 105 Å². The minimum absolute atomic E-state index is 0.00182. The molecule has 2 aromatic heterocycles. The van der Waals surface area contributed by atoms with Gasteiger partial charge in [-0.2, -0.15) is 0 Å². The predicted octanol–water partition coefficient (Wildman–Crippen LogP) is 2.86. The number of rotatable bonds is 4. The van der Waals surface area contributed by atoms with Gasteiger partial charge in [0.2, 0.25) is 0 Å². The Morgan fingerprint density at radius 1 is 0.970 bits per heavy atom. The van der Waals surface area contributed by atoms with E-state index in [-0.39, 0.29) is 29.0 Å². The molecule has 2 fully saturated rings. The summed E-state index contributed by atoms with van der Waals surface area (Å²) in [5.74, 6) is 2.08. The summed E-state index contributed by atoms with van der Waals surface area (Å²) in [5.41, 5.74) is 8.63. The van der Waals surface area contributed by atoms with Crippen molar-refractivity contribution in [3.8, 4) is 0 Å². The molecular formula is C25H40N8. The lowest BCUT2D eigenvalue weighted by molar-refractivity contribution is 0.277. The first kappa shape index (κ1) is 23.8. The number of hydrogen-bond donors (Lipinski definition) is 3. The molecule has 33 heavy (non-hydrogen) atoms. The molecular weight excluding hydrogens is 412 g/mol. The molecule has 0 aromatic carbocycles. The number of nitrogens with two attached hydrogens (primary N) is 1. The molecule has 0 spiro atoms. The summed E-state index contributed by atoms with van der Waals surface area (Å²) in [6, 6.07) is 0.680. The van der Waals surface area contributed by atoms with E-state index in [1.807, 2.05) is 24.8 Å². The molecule has 2 aromatic rings. The second kappa shape index (κ2) is 9.14. The number of anilines is 2. The van der Waals surface area contributed by atoms with Gasteiger partial charge >= 0.3 is 0 Å². The molecule has 0 amide bonds. The highest BCUT2D eigenvalue weighted by atomic mass is 15.2. The van der Waals surface area contributed by atoms with Gasteiger partial charge in [-0.05, 0) is 19.4 Å². The number of aromatic nitrogens is 4. The maximum Gasteiger partial charge on any atom is 0.147 e. The monoisotopic (exact) mass is 452 g/mol. The third kappa shape index (κ3) is 5.44. The second-order valence-corrected chi connectivity index (χ2v) is 11.6. The van der Waals surface area contributed by atoms with Crippen molar-refractivity contribution in [1.29, 1.82) is 0 Å². The largest absolute Gasteiger partial charge is 0.364 e. The Labute approximate surface area is 198 Å². The van der Waals surface area contributed by atoms with Gasteiger partial charge in [0.1, 0.15) is 11.6 Å². The standard InChI is InChI=1S/C25H40N8/c1-24(2,3)19-12-30-22(14-29-19)33-10-8-17(26)16(15-33)23-18(7-9-28-23)31-21-13-27-11-20(32-21)25(4,5)6/h11-14,16-18,23,28H,7-10,15,26H2,1-6H3,(H,31,32). The van der Waals surface area contributed by atoms with E-state index in [0.29, 0.717) is 5.92 Å². The van der Waals surface area contributed by atoms with Crippen LogP contribution in [0.1, 0.15) is 65.8 Å². The first-order valence-corrected chi connectivity index (χ1v) is 12.2. The van der Waals surface area contributed by atoms with Crippen molar-refractivity contribution in [1.82, 2.24) is 25.3 Å². The van der Waals surface area contributed by atoms with Crippen LogP contribution in [0.25, 0.3) is 0 Å². The van der Waals surface area contributed by atoms with Gasteiger partial charge in [-0.25, -0.2) is 9.97 Å². The molecule has 4 atom stereocenters. The van der Waals surface area contributed by atoms with E-state index >= 15 is 0 Å². The molecule has 0 aliphatic carbocycles. The Kier molecular flexibility index (Phi) is 6.60. The van der Waals surface area contributed by atoms with Crippen LogP contribution in [0.2, 0.25) is 0 Å². The number of hydrogen-bond acceptors (Lipinski definition) is 8. The number of nitrogens with zero attached hydrogens (tertiary/aromatic N) is 5. The van der Waals surface area contributed by atoms with Crippen LogP contribution in [0.5, 0.6) is 0 Å². The lowest BCUT2D eigenvalue weighted by atomic mass is 9.83. The van der Waals surface area contributed by atoms with Crippen molar-refractivity contribution in [2.45, 2.75) is 83.3 Å². The molecule has 4 unspecified atom stereocenters. The van der Waals surface area contributed by atoms with E-state index in [1.165, 1.54) is 0 Å². The summed E-state index contributed by atoms with van der Waals surface area (Å²) in [7, 11) is 0. The maximum atomic E-state index is 6.66. The summed E-state index contributed by atoms with van der Waals surface area (Å²) in [5, 5.41) is 7.38. The van der Waals surface area contributed by atoms with Crippen molar-refractivity contribution < 1.29 is 0 Å². The van der Waals surface area contributed by atoms with Gasteiger partial charge in [0.15, 0.2) is 0 Å². The van der Waals surface area contributed by atoms with Gasteiger partial charge in [-0.15, -0.1) is 0 Å². The van der Waals surface area contributed by atoms with Gasteiger partial charge in [0, 0.05) is 54.2 Å². The molecule has 2 aliphatic rings. The van der Waals surface area contributed by atoms with Crippen LogP contribution in [-0.2, 0) is 10.8 Å². The highest BCUT2D eigenvalue weighted by molar-refractivity contribution is 5.39. The van der Waals surface area contributed by atoms with Gasteiger partial charge in [-0.1, -0.05) is 41.5 Å². The highest BCUT2D eigenvalue weighted by Gasteiger charge is 2.40. The molecule has 180 valence electrons. The smallest absolute Gasteiger partial charge is 0.147 e. The van der Waals surface area contributed by atoms with Crippen LogP contribution in [0.3, 0.4) is 0 Å². The van der Waals surface area contributed by atoms with E-state index in [1.54, 1.807) is 0 Å². The van der Waals surface area contributed by atoms with Crippen molar-refractivity contribution in [2.24, 2.45) is 11.7 Å². The van der Waals surface area contributed by atoms with Gasteiger partial charge in [0.05, 0.1) is 30.0 Å². The zero-order chi connectivity index (χ0) is 23.8. The van der Waals surface area contributed by atoms with Crippen molar-refractivity contribution in [2.75, 3.05) is 29.9 Å². The number of nitrogens with one attached hydrogen (secondary N) is 2. The fourth-order valence-corrected chi connectivity index (χ4v) is 4.79. The lowest BCUT2D eigenvalue weighted by Gasteiger charge is -2.42. The zero-order valence-corrected chi connectivity index (χ0v) is 21.0.